The normalized spacial score (nSPS) is 15.3. The van der Waals surface area contributed by atoms with Gasteiger partial charge in [-0.1, -0.05) is 30.3 Å². The Morgan fingerprint density at radius 2 is 1.71 bits per heavy atom. The lowest BCUT2D eigenvalue weighted by Crippen LogP contribution is -2.28. The summed E-state index contributed by atoms with van der Waals surface area (Å²) in [6.45, 7) is 0.615. The number of nitrogens with zero attached hydrogens (tertiary/aromatic N) is 1. The van der Waals surface area contributed by atoms with E-state index in [-0.39, 0.29) is 18.2 Å². The molecule has 2 aromatic carbocycles. The van der Waals surface area contributed by atoms with Gasteiger partial charge < -0.3 is 9.88 Å². The molecule has 1 atom stereocenters. The summed E-state index contributed by atoms with van der Waals surface area (Å²) in [6, 6.07) is 15.7. The molecular weight excluding hydrogens is 362 g/mol. The molecule has 0 radical (unpaired) electrons. The Balaban J connectivity index is 1.48. The first kappa shape index (κ1) is 18.1. The number of halogens is 2. The van der Waals surface area contributed by atoms with Gasteiger partial charge in [-0.3, -0.25) is 9.59 Å². The molecule has 6 heteroatoms. The Bertz CT molecular complexity index is 1020. The van der Waals surface area contributed by atoms with Crippen LogP contribution in [-0.2, 0) is 17.9 Å². The lowest BCUT2D eigenvalue weighted by molar-refractivity contribution is -0.122. The predicted octanol–water partition coefficient (Wildman–Crippen LogP) is 3.80. The zero-order valence-corrected chi connectivity index (χ0v) is 15.0. The Hall–Kier alpha value is -3.28. The molecule has 142 valence electrons. The van der Waals surface area contributed by atoms with E-state index in [0.29, 0.717) is 29.8 Å². The lowest BCUT2D eigenvalue weighted by atomic mass is 10.0. The highest BCUT2D eigenvalue weighted by Crippen LogP contribution is 2.31. The molecule has 0 fully saturated rings. The van der Waals surface area contributed by atoms with Crippen LogP contribution in [0.2, 0.25) is 0 Å². The van der Waals surface area contributed by atoms with Crippen molar-refractivity contribution in [1.82, 2.24) is 9.88 Å². The van der Waals surface area contributed by atoms with E-state index < -0.39 is 17.6 Å². The van der Waals surface area contributed by atoms with Crippen LogP contribution in [0.4, 0.5) is 8.78 Å². The van der Waals surface area contributed by atoms with Gasteiger partial charge in [-0.05, 0) is 36.2 Å². The fourth-order valence-corrected chi connectivity index (χ4v) is 3.67. The van der Waals surface area contributed by atoms with Crippen LogP contribution < -0.4 is 5.32 Å². The number of hydrogen-bond donors (Lipinski definition) is 1. The van der Waals surface area contributed by atoms with E-state index in [1.165, 1.54) is 12.1 Å². The largest absolute Gasteiger partial charge is 0.351 e. The maximum atomic E-state index is 13.3. The molecule has 4 nitrogen and oxygen atoms in total. The summed E-state index contributed by atoms with van der Waals surface area (Å²) in [5.41, 5.74) is 2.30. The van der Waals surface area contributed by atoms with Crippen molar-refractivity contribution in [3.8, 4) is 0 Å². The van der Waals surface area contributed by atoms with E-state index in [4.69, 9.17) is 0 Å². The van der Waals surface area contributed by atoms with Gasteiger partial charge in [-0.15, -0.1) is 0 Å². The highest BCUT2D eigenvalue weighted by molar-refractivity contribution is 6.08. The molecule has 28 heavy (non-hydrogen) atoms. The fraction of sp³-hybridized carbons (Fsp3) is 0.182. The molecular formula is C22H18F2N2O2. The molecule has 1 aliphatic rings. The van der Waals surface area contributed by atoms with Crippen molar-refractivity contribution in [2.24, 2.45) is 0 Å². The quantitative estimate of drug-likeness (QED) is 0.685. The lowest BCUT2D eigenvalue weighted by Gasteiger charge is -2.11. The van der Waals surface area contributed by atoms with Gasteiger partial charge in [0.25, 0.3) is 0 Å². The molecule has 0 saturated heterocycles. The first-order valence-corrected chi connectivity index (χ1v) is 9.05. The number of ketones is 1. The predicted molar refractivity (Wildman–Crippen MR) is 99.9 cm³/mol. The van der Waals surface area contributed by atoms with Crippen molar-refractivity contribution in [3.05, 3.63) is 94.8 Å². The van der Waals surface area contributed by atoms with Crippen LogP contribution in [0.1, 0.15) is 39.6 Å². The molecule has 1 aliphatic heterocycles. The second-order valence-corrected chi connectivity index (χ2v) is 6.83. The summed E-state index contributed by atoms with van der Waals surface area (Å²) in [7, 11) is 0. The van der Waals surface area contributed by atoms with Gasteiger partial charge in [0.1, 0.15) is 11.6 Å². The van der Waals surface area contributed by atoms with Crippen LogP contribution in [0, 0.1) is 11.6 Å². The SMILES string of the molecule is O=C(c1ccccc1)c1ccc2n1CC[C@H]2C(=O)NCc1cc(F)cc(F)c1. The van der Waals surface area contributed by atoms with Crippen LogP contribution in [-0.4, -0.2) is 16.3 Å². The molecule has 1 aromatic heterocycles. The molecule has 0 aliphatic carbocycles. The van der Waals surface area contributed by atoms with Gasteiger partial charge in [0.15, 0.2) is 0 Å². The summed E-state index contributed by atoms with van der Waals surface area (Å²) >= 11 is 0. The highest BCUT2D eigenvalue weighted by Gasteiger charge is 2.31. The number of fused-ring (bicyclic) bond motifs is 1. The minimum absolute atomic E-state index is 0.0422. The fourth-order valence-electron chi connectivity index (χ4n) is 3.67. The van der Waals surface area contributed by atoms with Crippen LogP contribution in [0.5, 0.6) is 0 Å². The van der Waals surface area contributed by atoms with Crippen molar-refractivity contribution >= 4 is 11.7 Å². The third-order valence-corrected chi connectivity index (χ3v) is 4.99. The summed E-state index contributed by atoms with van der Waals surface area (Å²) < 4.78 is 28.4. The monoisotopic (exact) mass is 380 g/mol. The van der Waals surface area contributed by atoms with Gasteiger partial charge in [-0.25, -0.2) is 8.78 Å². The summed E-state index contributed by atoms with van der Waals surface area (Å²) in [4.78, 5) is 25.3. The van der Waals surface area contributed by atoms with Crippen molar-refractivity contribution < 1.29 is 18.4 Å². The Morgan fingerprint density at radius 1 is 1.00 bits per heavy atom. The smallest absolute Gasteiger partial charge is 0.229 e. The van der Waals surface area contributed by atoms with E-state index >= 15 is 0 Å². The van der Waals surface area contributed by atoms with Crippen LogP contribution in [0.25, 0.3) is 0 Å². The summed E-state index contributed by atoms with van der Waals surface area (Å²) in [6.07, 6.45) is 0.578. The zero-order chi connectivity index (χ0) is 19.7. The number of rotatable bonds is 5. The first-order chi connectivity index (χ1) is 13.5. The molecule has 1 N–H and O–H groups in total. The number of nitrogens with one attached hydrogen (secondary N) is 1. The van der Waals surface area contributed by atoms with Gasteiger partial charge in [-0.2, -0.15) is 0 Å². The average molecular weight is 380 g/mol. The van der Waals surface area contributed by atoms with Crippen molar-refractivity contribution in [2.45, 2.75) is 25.4 Å². The van der Waals surface area contributed by atoms with Crippen LogP contribution in [0.15, 0.2) is 60.7 Å². The first-order valence-electron chi connectivity index (χ1n) is 9.05. The molecule has 1 amide bonds. The Kier molecular flexibility index (Phi) is 4.77. The molecule has 0 saturated carbocycles. The van der Waals surface area contributed by atoms with E-state index in [1.807, 2.05) is 22.8 Å². The van der Waals surface area contributed by atoms with Gasteiger partial charge in [0.05, 0.1) is 11.6 Å². The second-order valence-electron chi connectivity index (χ2n) is 6.83. The minimum atomic E-state index is -0.678. The third kappa shape index (κ3) is 3.45. The van der Waals surface area contributed by atoms with Crippen molar-refractivity contribution in [3.63, 3.8) is 0 Å². The minimum Gasteiger partial charge on any atom is -0.351 e. The maximum Gasteiger partial charge on any atom is 0.229 e. The molecule has 3 aromatic rings. The number of benzene rings is 2. The van der Waals surface area contributed by atoms with Crippen LogP contribution >= 0.6 is 0 Å². The molecule has 0 unspecified atom stereocenters. The van der Waals surface area contributed by atoms with E-state index in [1.54, 1.807) is 24.3 Å². The number of carbonyl (C=O) groups excluding carboxylic acids is 2. The average Bonchev–Trinajstić information content (AvgIpc) is 3.27. The topological polar surface area (TPSA) is 51.1 Å². The van der Waals surface area contributed by atoms with Gasteiger partial charge in [0, 0.05) is 30.4 Å². The third-order valence-electron chi connectivity index (χ3n) is 4.99. The van der Waals surface area contributed by atoms with E-state index in [9.17, 15) is 18.4 Å². The van der Waals surface area contributed by atoms with Crippen molar-refractivity contribution in [2.75, 3.05) is 0 Å². The summed E-state index contributed by atoms with van der Waals surface area (Å²) in [5, 5.41) is 2.74. The van der Waals surface area contributed by atoms with E-state index in [0.717, 1.165) is 11.8 Å². The molecule has 4 rings (SSSR count). The van der Waals surface area contributed by atoms with Crippen LogP contribution in [0.3, 0.4) is 0 Å². The Morgan fingerprint density at radius 3 is 2.43 bits per heavy atom. The van der Waals surface area contributed by atoms with Gasteiger partial charge >= 0.3 is 0 Å². The van der Waals surface area contributed by atoms with Crippen molar-refractivity contribution in [1.29, 1.82) is 0 Å². The number of carbonyl (C=O) groups is 2. The highest BCUT2D eigenvalue weighted by atomic mass is 19.1. The zero-order valence-electron chi connectivity index (χ0n) is 15.0. The molecule has 2 heterocycles. The van der Waals surface area contributed by atoms with E-state index in [2.05, 4.69) is 5.32 Å². The standard InChI is InChI=1S/C22H18F2N2O2/c23-16-10-14(11-17(24)12-16)13-25-22(28)18-8-9-26-19(18)6-7-20(26)21(27)15-4-2-1-3-5-15/h1-7,10-12,18H,8-9,13H2,(H,25,28)/t18-/m1/s1. The Labute approximate surface area is 160 Å². The number of hydrogen-bond acceptors (Lipinski definition) is 2. The maximum absolute atomic E-state index is 13.3. The van der Waals surface area contributed by atoms with Gasteiger partial charge in [0.2, 0.25) is 11.7 Å². The molecule has 0 spiro atoms. The summed E-state index contributed by atoms with van der Waals surface area (Å²) in [5.74, 6) is -2.05. The number of amides is 1. The molecule has 0 bridgehead atoms. The number of aromatic nitrogens is 1. The second kappa shape index (κ2) is 7.38.